The number of benzene rings is 1. The van der Waals surface area contributed by atoms with Gasteiger partial charge in [-0.2, -0.15) is 26.3 Å². The minimum absolute atomic E-state index is 0.0210. The minimum atomic E-state index is -6.15. The fraction of sp³-hybridized carbons (Fsp3) is 0.650. The van der Waals surface area contributed by atoms with Gasteiger partial charge in [0.2, 0.25) is 0 Å². The fourth-order valence-corrected chi connectivity index (χ4v) is 4.41. The van der Waals surface area contributed by atoms with Gasteiger partial charge >= 0.3 is 24.1 Å². The molecule has 2 unspecified atom stereocenters. The first-order valence-electron chi connectivity index (χ1n) is 9.79. The molecule has 2 aliphatic rings. The number of aliphatic hydroxyl groups is 1. The molecule has 2 amide bonds. The molecule has 4 nitrogen and oxygen atoms in total. The van der Waals surface area contributed by atoms with Crippen molar-refractivity contribution in [3.8, 4) is 0 Å². The second-order valence-electron chi connectivity index (χ2n) is 8.73. The van der Waals surface area contributed by atoms with Crippen LogP contribution >= 0.6 is 0 Å². The number of halogens is 7. The monoisotopic (exact) mass is 456 g/mol. The van der Waals surface area contributed by atoms with Gasteiger partial charge in [-0.25, -0.2) is 9.18 Å². The molecule has 0 bridgehead atoms. The molecule has 1 aromatic carbocycles. The largest absolute Gasteiger partial charge is 0.435 e. The molecule has 1 heterocycles. The number of likely N-dealkylation sites (tertiary alicyclic amines) is 1. The van der Waals surface area contributed by atoms with Crippen molar-refractivity contribution in [3.63, 3.8) is 0 Å². The highest BCUT2D eigenvalue weighted by Crippen LogP contribution is 2.54. The molecule has 0 saturated carbocycles. The molecule has 31 heavy (non-hydrogen) atoms. The van der Waals surface area contributed by atoms with Crippen LogP contribution in [0.15, 0.2) is 18.2 Å². The van der Waals surface area contributed by atoms with Crippen LogP contribution in [0.3, 0.4) is 0 Å². The van der Waals surface area contributed by atoms with Gasteiger partial charge in [-0.1, -0.05) is 18.2 Å². The van der Waals surface area contributed by atoms with Crippen molar-refractivity contribution in [2.75, 3.05) is 13.1 Å². The maximum atomic E-state index is 14.4. The van der Waals surface area contributed by atoms with E-state index in [-0.39, 0.29) is 30.5 Å². The number of amides is 2. The lowest BCUT2D eigenvalue weighted by Crippen LogP contribution is -2.50. The van der Waals surface area contributed by atoms with Crippen LogP contribution in [0, 0.1) is 0 Å². The summed E-state index contributed by atoms with van der Waals surface area (Å²) in [6, 6.07) is 1.64. The fourth-order valence-electron chi connectivity index (χ4n) is 4.41. The number of alkyl halides is 7. The first kappa shape index (κ1) is 23.6. The Bertz CT molecular complexity index is 831. The zero-order valence-corrected chi connectivity index (χ0v) is 16.9. The highest BCUT2D eigenvalue weighted by atomic mass is 19.4. The summed E-state index contributed by atoms with van der Waals surface area (Å²) in [5.74, 6) is -0.267. The number of nitrogens with zero attached hydrogens (tertiary/aromatic N) is 1. The van der Waals surface area contributed by atoms with Crippen molar-refractivity contribution in [1.82, 2.24) is 10.2 Å². The van der Waals surface area contributed by atoms with E-state index in [4.69, 9.17) is 0 Å². The molecule has 174 valence electrons. The van der Waals surface area contributed by atoms with Gasteiger partial charge in [-0.05, 0) is 44.2 Å². The number of rotatable bonds is 3. The topological polar surface area (TPSA) is 52.6 Å². The van der Waals surface area contributed by atoms with E-state index < -0.39 is 35.2 Å². The molecular formula is C20H23F7N2O2. The Labute approximate surface area is 174 Å². The smallest absolute Gasteiger partial charge is 0.389 e. The summed E-state index contributed by atoms with van der Waals surface area (Å²) in [5, 5.41) is 12.4. The first-order chi connectivity index (χ1) is 14.1. The number of hydrogen-bond donors (Lipinski definition) is 2. The van der Waals surface area contributed by atoms with E-state index in [1.807, 2.05) is 0 Å². The molecule has 2 N–H and O–H groups in total. The van der Waals surface area contributed by atoms with Gasteiger partial charge in [0.15, 0.2) is 0 Å². The van der Waals surface area contributed by atoms with Crippen LogP contribution < -0.4 is 5.32 Å². The minimum Gasteiger partial charge on any atom is -0.389 e. The molecule has 1 saturated heterocycles. The molecule has 2 atom stereocenters. The Kier molecular flexibility index (Phi) is 5.74. The molecular weight excluding hydrogens is 433 g/mol. The van der Waals surface area contributed by atoms with Gasteiger partial charge in [-0.15, -0.1) is 0 Å². The lowest BCUT2D eigenvalue weighted by atomic mass is 9.77. The Hall–Kier alpha value is -2.04. The molecule has 1 aromatic rings. The van der Waals surface area contributed by atoms with Crippen LogP contribution in [0.25, 0.3) is 0 Å². The number of carbonyl (C=O) groups is 1. The molecule has 11 heteroatoms. The number of carbonyl (C=O) groups excluding carboxylic acids is 1. The number of nitrogens with one attached hydrogen (secondary N) is 1. The summed E-state index contributed by atoms with van der Waals surface area (Å²) in [7, 11) is 0. The summed E-state index contributed by atoms with van der Waals surface area (Å²) in [4.78, 5) is 14.0. The van der Waals surface area contributed by atoms with E-state index in [2.05, 4.69) is 5.32 Å². The third-order valence-corrected chi connectivity index (χ3v) is 5.91. The summed E-state index contributed by atoms with van der Waals surface area (Å²) in [5.41, 5.74) is -7.29. The third-order valence-electron chi connectivity index (χ3n) is 5.91. The predicted octanol–water partition coefficient (Wildman–Crippen LogP) is 4.56. The van der Waals surface area contributed by atoms with E-state index in [0.29, 0.717) is 37.1 Å². The quantitative estimate of drug-likeness (QED) is 0.656. The van der Waals surface area contributed by atoms with Crippen LogP contribution in [-0.2, 0) is 12.1 Å². The van der Waals surface area contributed by atoms with Crippen LogP contribution in [0.5, 0.6) is 0 Å². The van der Waals surface area contributed by atoms with Gasteiger partial charge in [0, 0.05) is 30.6 Å². The predicted molar refractivity (Wildman–Crippen MR) is 97.2 cm³/mol. The highest BCUT2D eigenvalue weighted by Gasteiger charge is 2.73. The molecule has 1 fully saturated rings. The van der Waals surface area contributed by atoms with Crippen LogP contribution in [-0.4, -0.2) is 53.1 Å². The second kappa shape index (κ2) is 7.53. The lowest BCUT2D eigenvalue weighted by molar-refractivity contribution is -0.348. The van der Waals surface area contributed by atoms with Crippen LogP contribution in [0.1, 0.15) is 49.3 Å². The van der Waals surface area contributed by atoms with Gasteiger partial charge < -0.3 is 15.3 Å². The van der Waals surface area contributed by atoms with Crippen molar-refractivity contribution in [1.29, 1.82) is 0 Å². The maximum absolute atomic E-state index is 14.4. The number of aryl methyl sites for hydroxylation is 1. The van der Waals surface area contributed by atoms with Gasteiger partial charge in [-0.3, -0.25) is 0 Å². The molecule has 0 spiro atoms. The van der Waals surface area contributed by atoms with Crippen LogP contribution in [0.4, 0.5) is 35.5 Å². The van der Waals surface area contributed by atoms with Crippen molar-refractivity contribution in [2.45, 2.75) is 68.7 Å². The van der Waals surface area contributed by atoms with Gasteiger partial charge in [0.1, 0.15) is 0 Å². The average Bonchev–Trinajstić information content (AvgIpc) is 3.07. The van der Waals surface area contributed by atoms with Crippen LogP contribution in [0.2, 0.25) is 0 Å². The zero-order chi connectivity index (χ0) is 23.4. The Balaban J connectivity index is 1.86. The molecule has 0 radical (unpaired) electrons. The first-order valence-corrected chi connectivity index (χ1v) is 9.79. The van der Waals surface area contributed by atoms with Gasteiger partial charge in [0.05, 0.1) is 5.60 Å². The van der Waals surface area contributed by atoms with E-state index in [1.54, 1.807) is 4.90 Å². The van der Waals surface area contributed by atoms with E-state index in [1.165, 1.54) is 13.8 Å². The summed E-state index contributed by atoms with van der Waals surface area (Å²) in [6.07, 6.45) is -11.4. The highest BCUT2D eigenvalue weighted by molar-refractivity contribution is 5.75. The van der Waals surface area contributed by atoms with E-state index in [0.717, 1.165) is 6.07 Å². The van der Waals surface area contributed by atoms with Crippen molar-refractivity contribution < 1.29 is 40.6 Å². The second-order valence-corrected chi connectivity index (χ2v) is 8.73. The van der Waals surface area contributed by atoms with Crippen molar-refractivity contribution in [2.24, 2.45) is 0 Å². The van der Waals surface area contributed by atoms with Crippen molar-refractivity contribution in [3.05, 3.63) is 34.9 Å². The summed E-state index contributed by atoms with van der Waals surface area (Å²) >= 11 is 0. The molecule has 3 rings (SSSR count). The normalized spacial score (nSPS) is 22.2. The van der Waals surface area contributed by atoms with E-state index >= 15 is 0 Å². The average molecular weight is 456 g/mol. The van der Waals surface area contributed by atoms with E-state index in [9.17, 15) is 40.6 Å². The molecule has 1 aliphatic carbocycles. The SMILES string of the molecule is CC(C)(O)CNC(=O)N1CCC2c3ccc(C(F)(C(F)(F)F)C(F)(F)F)cc3CCC21. The standard InChI is InChI=1S/C20H23F7N2O2/c1-17(2,31)10-28-16(30)29-8-7-14-13-5-4-12(9-11(13)3-6-15(14)29)18(21,19(22,23)24)20(25,26)27/h4-5,9,14-15,31H,3,6-8,10H2,1-2H3,(H,28,30). The third kappa shape index (κ3) is 4.20. The number of fused-ring (bicyclic) bond motifs is 3. The molecule has 1 aliphatic heterocycles. The summed E-state index contributed by atoms with van der Waals surface area (Å²) < 4.78 is 92.8. The maximum Gasteiger partial charge on any atom is 0.435 e. The molecule has 0 aromatic heterocycles. The Morgan fingerprint density at radius 1 is 1.10 bits per heavy atom. The van der Waals surface area contributed by atoms with Gasteiger partial charge in [0.25, 0.3) is 0 Å². The van der Waals surface area contributed by atoms with Crippen molar-refractivity contribution >= 4 is 6.03 Å². The Morgan fingerprint density at radius 2 is 1.71 bits per heavy atom. The summed E-state index contributed by atoms with van der Waals surface area (Å²) in [6.45, 7) is 3.43. The zero-order valence-electron chi connectivity index (χ0n) is 16.9. The Morgan fingerprint density at radius 3 is 2.26 bits per heavy atom. The number of urea groups is 1. The lowest BCUT2D eigenvalue weighted by Gasteiger charge is -2.35. The number of hydrogen-bond acceptors (Lipinski definition) is 2.